The topological polar surface area (TPSA) is 106 Å². The first-order valence-corrected chi connectivity index (χ1v) is 10.2. The third kappa shape index (κ3) is 3.52. The minimum atomic E-state index is -3.44. The lowest BCUT2D eigenvalue weighted by Crippen LogP contribution is -2.18. The Balaban J connectivity index is 1.75. The average Bonchev–Trinajstić information content (AvgIpc) is 3.48. The molecule has 0 atom stereocenters. The predicted octanol–water partition coefficient (Wildman–Crippen LogP) is 1.65. The van der Waals surface area contributed by atoms with Gasteiger partial charge in [0.2, 0.25) is 15.9 Å². The van der Waals surface area contributed by atoms with Crippen molar-refractivity contribution in [2.24, 2.45) is 0 Å². The molecule has 9 heteroatoms. The molecule has 0 radical (unpaired) electrons. The number of rotatable bonds is 5. The normalized spacial score (nSPS) is 13.8. The zero-order valence-corrected chi connectivity index (χ0v) is 15.9. The molecular weight excluding hydrogens is 380 g/mol. The van der Waals surface area contributed by atoms with Crippen molar-refractivity contribution in [1.82, 2.24) is 14.4 Å². The van der Waals surface area contributed by atoms with E-state index in [2.05, 4.69) is 26.5 Å². The fourth-order valence-corrected chi connectivity index (χ4v) is 4.21. The number of aliphatic hydroxyl groups is 1. The van der Waals surface area contributed by atoms with E-state index in [4.69, 9.17) is 9.84 Å². The minimum absolute atomic E-state index is 0.214. The van der Waals surface area contributed by atoms with Crippen molar-refractivity contribution < 1.29 is 18.3 Å². The Morgan fingerprint density at radius 1 is 1.29 bits per heavy atom. The molecule has 8 nitrogen and oxygen atoms in total. The number of nitrogens with zero attached hydrogens (tertiary/aromatic N) is 3. The Kier molecular flexibility index (Phi) is 4.66. The number of imidazole rings is 1. The van der Waals surface area contributed by atoms with E-state index in [-0.39, 0.29) is 17.7 Å². The lowest BCUT2D eigenvalue weighted by Gasteiger charge is -2.12. The van der Waals surface area contributed by atoms with Gasteiger partial charge in [0.05, 0.1) is 18.6 Å². The van der Waals surface area contributed by atoms with Crippen LogP contribution < -0.4 is 9.46 Å². The van der Waals surface area contributed by atoms with Gasteiger partial charge in [0.1, 0.15) is 23.6 Å². The SMILES string of the molecule is COc1ncc(-c2ccc3ncc(C#CCO)n3c2)cc1NS(=O)(=O)C1CC1. The Morgan fingerprint density at radius 3 is 2.82 bits per heavy atom. The van der Waals surface area contributed by atoms with Gasteiger partial charge in [0, 0.05) is 23.5 Å². The number of ether oxygens (including phenoxy) is 1. The smallest absolute Gasteiger partial charge is 0.238 e. The van der Waals surface area contributed by atoms with Gasteiger partial charge in [-0.1, -0.05) is 5.92 Å². The molecule has 1 aliphatic carbocycles. The first-order chi connectivity index (χ1) is 13.5. The maximum Gasteiger partial charge on any atom is 0.238 e. The monoisotopic (exact) mass is 398 g/mol. The second kappa shape index (κ2) is 7.14. The molecule has 0 spiro atoms. The molecule has 3 aromatic rings. The van der Waals surface area contributed by atoms with Crippen molar-refractivity contribution in [1.29, 1.82) is 0 Å². The summed E-state index contributed by atoms with van der Waals surface area (Å²) in [5, 5.41) is 8.56. The van der Waals surface area contributed by atoms with Crippen molar-refractivity contribution in [3.05, 3.63) is 42.5 Å². The molecule has 28 heavy (non-hydrogen) atoms. The number of methoxy groups -OCH3 is 1. The molecule has 0 bridgehead atoms. The lowest BCUT2D eigenvalue weighted by atomic mass is 10.1. The predicted molar refractivity (Wildman–Crippen MR) is 105 cm³/mol. The summed E-state index contributed by atoms with van der Waals surface area (Å²) < 4.78 is 34.2. The highest BCUT2D eigenvalue weighted by Crippen LogP contribution is 2.34. The van der Waals surface area contributed by atoms with Gasteiger partial charge < -0.3 is 9.84 Å². The highest BCUT2D eigenvalue weighted by Gasteiger charge is 2.36. The molecular formula is C19H18N4O4S. The van der Waals surface area contributed by atoms with Crippen molar-refractivity contribution >= 4 is 21.4 Å². The van der Waals surface area contributed by atoms with E-state index in [0.717, 1.165) is 5.56 Å². The first-order valence-electron chi connectivity index (χ1n) is 8.64. The molecule has 0 unspecified atom stereocenters. The number of hydrogen-bond donors (Lipinski definition) is 2. The fourth-order valence-electron chi connectivity index (χ4n) is 2.83. The number of aromatic nitrogens is 3. The number of fused-ring (bicyclic) bond motifs is 1. The van der Waals surface area contributed by atoms with Crippen LogP contribution >= 0.6 is 0 Å². The van der Waals surface area contributed by atoms with Gasteiger partial charge in [-0.2, -0.15) is 0 Å². The van der Waals surface area contributed by atoms with Crippen LogP contribution in [0.25, 0.3) is 16.8 Å². The second-order valence-electron chi connectivity index (χ2n) is 6.38. The molecule has 1 aliphatic rings. The highest BCUT2D eigenvalue weighted by atomic mass is 32.2. The van der Waals surface area contributed by atoms with Crippen LogP contribution in [0.4, 0.5) is 5.69 Å². The minimum Gasteiger partial charge on any atom is -0.480 e. The van der Waals surface area contributed by atoms with Crippen LogP contribution in [-0.2, 0) is 10.0 Å². The van der Waals surface area contributed by atoms with Crippen molar-refractivity contribution in [2.75, 3.05) is 18.4 Å². The first kappa shape index (κ1) is 18.3. The van der Waals surface area contributed by atoms with Gasteiger partial charge in [-0.15, -0.1) is 0 Å². The number of hydrogen-bond acceptors (Lipinski definition) is 6. The number of pyridine rings is 2. The van der Waals surface area contributed by atoms with Crippen LogP contribution in [0.3, 0.4) is 0 Å². The fraction of sp³-hybridized carbons (Fsp3) is 0.263. The van der Waals surface area contributed by atoms with Crippen LogP contribution in [0.5, 0.6) is 5.88 Å². The molecule has 1 saturated carbocycles. The molecule has 0 amide bonds. The van der Waals surface area contributed by atoms with Gasteiger partial charge >= 0.3 is 0 Å². The molecule has 3 heterocycles. The van der Waals surface area contributed by atoms with E-state index in [9.17, 15) is 8.42 Å². The van der Waals surface area contributed by atoms with Crippen LogP contribution in [0.2, 0.25) is 0 Å². The van der Waals surface area contributed by atoms with Crippen molar-refractivity contribution in [2.45, 2.75) is 18.1 Å². The summed E-state index contributed by atoms with van der Waals surface area (Å²) in [6.07, 6.45) is 6.42. The van der Waals surface area contributed by atoms with Gasteiger partial charge in [0.15, 0.2) is 0 Å². The molecule has 0 aromatic carbocycles. The lowest BCUT2D eigenvalue weighted by molar-refractivity contribution is 0.350. The molecule has 3 aromatic heterocycles. The largest absolute Gasteiger partial charge is 0.480 e. The van der Waals surface area contributed by atoms with E-state index in [1.54, 1.807) is 22.9 Å². The van der Waals surface area contributed by atoms with Gasteiger partial charge in [-0.25, -0.2) is 18.4 Å². The molecule has 2 N–H and O–H groups in total. The number of anilines is 1. The summed E-state index contributed by atoms with van der Waals surface area (Å²) in [6.45, 7) is -0.236. The zero-order chi connectivity index (χ0) is 19.7. The van der Waals surface area contributed by atoms with Crippen LogP contribution in [0.1, 0.15) is 18.5 Å². The van der Waals surface area contributed by atoms with E-state index in [0.29, 0.717) is 35.4 Å². The molecule has 4 rings (SSSR count). The third-order valence-corrected chi connectivity index (χ3v) is 6.25. The van der Waals surface area contributed by atoms with Gasteiger partial charge in [-0.3, -0.25) is 9.12 Å². The Hall–Kier alpha value is -3.09. The quantitative estimate of drug-likeness (QED) is 0.633. The summed E-state index contributed by atoms with van der Waals surface area (Å²) in [5.41, 5.74) is 3.17. The maximum absolute atomic E-state index is 12.3. The van der Waals surface area contributed by atoms with Crippen LogP contribution in [-0.4, -0.2) is 46.9 Å². The van der Waals surface area contributed by atoms with E-state index in [1.807, 2.05) is 18.3 Å². The number of aliphatic hydroxyl groups excluding tert-OH is 1. The standard InChI is InChI=1S/C19H18N4O4S/c1-27-19-17(22-28(25,26)16-5-6-16)9-14(10-21-19)13-4-7-18-20-11-15(3-2-8-24)23(18)12-13/h4,7,9-12,16,22,24H,5-6,8H2,1H3. The summed E-state index contributed by atoms with van der Waals surface area (Å²) in [5.74, 6) is 5.67. The van der Waals surface area contributed by atoms with Crippen LogP contribution in [0.15, 0.2) is 36.8 Å². The number of nitrogens with one attached hydrogen (secondary N) is 1. The Bertz CT molecular complexity index is 1200. The summed E-state index contributed by atoms with van der Waals surface area (Å²) in [4.78, 5) is 8.52. The Labute approximate surface area is 162 Å². The van der Waals surface area contributed by atoms with E-state index in [1.165, 1.54) is 7.11 Å². The average molecular weight is 398 g/mol. The maximum atomic E-state index is 12.3. The third-order valence-electron chi connectivity index (χ3n) is 4.39. The molecule has 1 fully saturated rings. The summed E-state index contributed by atoms with van der Waals surface area (Å²) in [6, 6.07) is 5.40. The van der Waals surface area contributed by atoms with E-state index >= 15 is 0 Å². The summed E-state index contributed by atoms with van der Waals surface area (Å²) in [7, 11) is -2.00. The van der Waals surface area contributed by atoms with Gasteiger partial charge in [-0.05, 0) is 37.0 Å². The van der Waals surface area contributed by atoms with Crippen LogP contribution in [0, 0.1) is 11.8 Å². The zero-order valence-electron chi connectivity index (χ0n) is 15.1. The second-order valence-corrected chi connectivity index (χ2v) is 8.34. The summed E-state index contributed by atoms with van der Waals surface area (Å²) >= 11 is 0. The molecule has 0 saturated heterocycles. The van der Waals surface area contributed by atoms with Crippen molar-refractivity contribution in [3.8, 4) is 28.8 Å². The van der Waals surface area contributed by atoms with Gasteiger partial charge in [0.25, 0.3) is 0 Å². The molecule has 144 valence electrons. The highest BCUT2D eigenvalue weighted by molar-refractivity contribution is 7.93. The van der Waals surface area contributed by atoms with Crippen molar-refractivity contribution in [3.63, 3.8) is 0 Å². The van der Waals surface area contributed by atoms with E-state index < -0.39 is 10.0 Å². The molecule has 0 aliphatic heterocycles. The number of sulfonamides is 1. The Morgan fingerprint density at radius 2 is 2.11 bits per heavy atom.